The molecule has 2 N–H and O–H groups in total. The number of anilines is 1. The molecule has 32 heavy (non-hydrogen) atoms. The molecule has 0 bridgehead atoms. The van der Waals surface area contributed by atoms with E-state index in [2.05, 4.69) is 47.5 Å². The SMILES string of the molecule is CC(Nc1nc(-c2noc(=O)[nH]2)nc2nc(C3(c4ccccn4)CC3)n(C)c12)C1CCC1. The van der Waals surface area contributed by atoms with Crippen molar-refractivity contribution >= 4 is 17.0 Å². The summed E-state index contributed by atoms with van der Waals surface area (Å²) >= 11 is 0. The summed E-state index contributed by atoms with van der Waals surface area (Å²) in [4.78, 5) is 32.9. The molecule has 2 aliphatic carbocycles. The van der Waals surface area contributed by atoms with Gasteiger partial charge in [0.1, 0.15) is 11.3 Å². The van der Waals surface area contributed by atoms with Gasteiger partial charge in [0.05, 0.1) is 11.1 Å². The Morgan fingerprint density at radius 2 is 2.09 bits per heavy atom. The fourth-order valence-electron chi connectivity index (χ4n) is 4.71. The molecule has 4 aromatic heterocycles. The Morgan fingerprint density at radius 3 is 2.72 bits per heavy atom. The van der Waals surface area contributed by atoms with E-state index in [1.54, 1.807) is 0 Å². The highest BCUT2D eigenvalue weighted by molar-refractivity contribution is 5.86. The maximum Gasteiger partial charge on any atom is 0.439 e. The molecule has 10 heteroatoms. The molecule has 6 rings (SSSR count). The van der Waals surface area contributed by atoms with E-state index in [9.17, 15) is 4.79 Å². The molecule has 0 amide bonds. The summed E-state index contributed by atoms with van der Waals surface area (Å²) in [6, 6.07) is 6.25. The van der Waals surface area contributed by atoms with Crippen molar-refractivity contribution in [3.8, 4) is 11.6 Å². The summed E-state index contributed by atoms with van der Waals surface area (Å²) in [6.45, 7) is 2.18. The molecule has 0 spiro atoms. The maximum atomic E-state index is 11.5. The summed E-state index contributed by atoms with van der Waals surface area (Å²) in [5.74, 6) is 2.05. The summed E-state index contributed by atoms with van der Waals surface area (Å²) in [5.41, 5.74) is 2.20. The van der Waals surface area contributed by atoms with Crippen LogP contribution >= 0.6 is 0 Å². The van der Waals surface area contributed by atoms with Gasteiger partial charge < -0.3 is 9.88 Å². The van der Waals surface area contributed by atoms with Gasteiger partial charge in [0.25, 0.3) is 0 Å². The Bertz CT molecular complexity index is 1350. The van der Waals surface area contributed by atoms with Crippen molar-refractivity contribution in [2.45, 2.75) is 50.5 Å². The number of H-pyrrole nitrogens is 1. The van der Waals surface area contributed by atoms with Crippen molar-refractivity contribution in [3.05, 3.63) is 46.5 Å². The van der Waals surface area contributed by atoms with Crippen LogP contribution in [-0.2, 0) is 12.5 Å². The molecule has 0 aromatic carbocycles. The van der Waals surface area contributed by atoms with Gasteiger partial charge in [0.15, 0.2) is 11.5 Å². The molecule has 0 saturated heterocycles. The molecular weight excluding hydrogens is 408 g/mol. The summed E-state index contributed by atoms with van der Waals surface area (Å²) < 4.78 is 6.76. The van der Waals surface area contributed by atoms with Crippen LogP contribution in [0.4, 0.5) is 5.82 Å². The van der Waals surface area contributed by atoms with Crippen LogP contribution in [0.1, 0.15) is 50.5 Å². The van der Waals surface area contributed by atoms with Gasteiger partial charge in [-0.1, -0.05) is 17.6 Å². The predicted molar refractivity (Wildman–Crippen MR) is 117 cm³/mol. The smallest absolute Gasteiger partial charge is 0.365 e. The Balaban J connectivity index is 1.51. The van der Waals surface area contributed by atoms with E-state index in [1.807, 2.05) is 25.4 Å². The van der Waals surface area contributed by atoms with Gasteiger partial charge in [-0.25, -0.2) is 19.7 Å². The number of hydrogen-bond acceptors (Lipinski definition) is 8. The highest BCUT2D eigenvalue weighted by Gasteiger charge is 2.51. The van der Waals surface area contributed by atoms with Crippen LogP contribution in [0.5, 0.6) is 0 Å². The minimum atomic E-state index is -0.644. The number of aromatic nitrogens is 7. The predicted octanol–water partition coefficient (Wildman–Crippen LogP) is 2.78. The Labute approximate surface area is 183 Å². The molecule has 10 nitrogen and oxygen atoms in total. The number of fused-ring (bicyclic) bond motifs is 1. The average Bonchev–Trinajstić information content (AvgIpc) is 3.32. The van der Waals surface area contributed by atoms with Gasteiger partial charge in [-0.2, -0.15) is 0 Å². The fraction of sp³-hybridized carbons (Fsp3) is 0.455. The lowest BCUT2D eigenvalue weighted by atomic mass is 9.80. The molecular formula is C22H24N8O2. The number of pyridine rings is 1. The first-order valence-corrected chi connectivity index (χ1v) is 11.0. The van der Waals surface area contributed by atoms with Gasteiger partial charge in [-0.05, 0) is 50.7 Å². The van der Waals surface area contributed by atoms with E-state index in [-0.39, 0.29) is 23.1 Å². The molecule has 164 valence electrons. The molecule has 1 atom stereocenters. The Morgan fingerprint density at radius 1 is 1.25 bits per heavy atom. The third kappa shape index (κ3) is 2.93. The fourth-order valence-corrected chi connectivity index (χ4v) is 4.71. The van der Waals surface area contributed by atoms with E-state index in [1.165, 1.54) is 19.3 Å². The van der Waals surface area contributed by atoms with Crippen LogP contribution in [-0.4, -0.2) is 40.7 Å². The first-order chi connectivity index (χ1) is 15.5. The normalized spacial score (nSPS) is 18.4. The molecule has 0 radical (unpaired) electrons. The van der Waals surface area contributed by atoms with Crippen molar-refractivity contribution < 1.29 is 4.52 Å². The Kier molecular flexibility index (Phi) is 4.17. The molecule has 1 unspecified atom stereocenters. The van der Waals surface area contributed by atoms with Gasteiger partial charge in [0.2, 0.25) is 11.6 Å². The monoisotopic (exact) mass is 432 g/mol. The standard InChI is InChI=1S/C22H24N8O2/c1-12(13-6-5-7-13)24-16-15-17(26-18(25-16)19-28-21(31)32-29-19)27-20(30(15)2)22(9-10-22)14-8-3-4-11-23-14/h3-4,8,11-13H,5-7,9-10H2,1-2H3,(H,24,25,26)(H,28,29,31). The number of aryl methyl sites for hydroxylation is 1. The molecule has 0 aliphatic heterocycles. The lowest BCUT2D eigenvalue weighted by molar-refractivity contribution is 0.285. The third-order valence-corrected chi connectivity index (χ3v) is 6.94. The first-order valence-electron chi connectivity index (χ1n) is 11.0. The number of rotatable bonds is 6. The van der Waals surface area contributed by atoms with Crippen molar-refractivity contribution in [3.63, 3.8) is 0 Å². The summed E-state index contributed by atoms with van der Waals surface area (Å²) in [6.07, 6.45) is 7.49. The van der Waals surface area contributed by atoms with Crippen LogP contribution in [0, 0.1) is 5.92 Å². The Hall–Kier alpha value is -3.56. The lowest BCUT2D eigenvalue weighted by Crippen LogP contribution is -2.31. The lowest BCUT2D eigenvalue weighted by Gasteiger charge is -2.32. The molecule has 2 fully saturated rings. The van der Waals surface area contributed by atoms with Crippen LogP contribution in [0.25, 0.3) is 22.8 Å². The summed E-state index contributed by atoms with van der Waals surface area (Å²) in [7, 11) is 2.01. The van der Waals surface area contributed by atoms with E-state index >= 15 is 0 Å². The summed E-state index contributed by atoms with van der Waals surface area (Å²) in [5, 5.41) is 7.36. The van der Waals surface area contributed by atoms with E-state index in [4.69, 9.17) is 9.97 Å². The molecule has 4 aromatic rings. The number of nitrogens with zero attached hydrogens (tertiary/aromatic N) is 6. The zero-order chi connectivity index (χ0) is 21.9. The van der Waals surface area contributed by atoms with Gasteiger partial charge >= 0.3 is 5.76 Å². The largest absolute Gasteiger partial charge is 0.439 e. The van der Waals surface area contributed by atoms with Gasteiger partial charge in [0, 0.05) is 19.3 Å². The third-order valence-electron chi connectivity index (χ3n) is 6.94. The first kappa shape index (κ1) is 19.1. The second kappa shape index (κ2) is 6.98. The number of nitrogens with one attached hydrogen (secondary N) is 2. The minimum absolute atomic E-state index is 0.189. The van der Waals surface area contributed by atoms with Gasteiger partial charge in [-0.15, -0.1) is 0 Å². The topological polar surface area (TPSA) is 127 Å². The highest BCUT2D eigenvalue weighted by Crippen LogP contribution is 2.52. The van der Waals surface area contributed by atoms with Gasteiger partial charge in [-0.3, -0.25) is 14.5 Å². The number of hydrogen-bond donors (Lipinski definition) is 2. The van der Waals surface area contributed by atoms with E-state index in [0.29, 0.717) is 17.4 Å². The van der Waals surface area contributed by atoms with Crippen LogP contribution in [0.15, 0.2) is 33.7 Å². The number of aromatic amines is 1. The maximum absolute atomic E-state index is 11.5. The molecule has 2 saturated carbocycles. The van der Waals surface area contributed by atoms with E-state index < -0.39 is 5.76 Å². The second-order valence-corrected chi connectivity index (χ2v) is 8.93. The van der Waals surface area contributed by atoms with Crippen molar-refractivity contribution in [1.82, 2.24) is 34.6 Å². The number of imidazole rings is 1. The zero-order valence-corrected chi connectivity index (χ0v) is 18.0. The van der Waals surface area contributed by atoms with Crippen LogP contribution in [0.3, 0.4) is 0 Å². The highest BCUT2D eigenvalue weighted by atomic mass is 16.5. The van der Waals surface area contributed by atoms with Crippen LogP contribution < -0.4 is 11.1 Å². The minimum Gasteiger partial charge on any atom is -0.365 e. The van der Waals surface area contributed by atoms with Crippen molar-refractivity contribution in [1.29, 1.82) is 0 Å². The molecule has 2 aliphatic rings. The second-order valence-electron chi connectivity index (χ2n) is 8.93. The van der Waals surface area contributed by atoms with Crippen molar-refractivity contribution in [2.24, 2.45) is 13.0 Å². The zero-order valence-electron chi connectivity index (χ0n) is 18.0. The average molecular weight is 432 g/mol. The quantitative estimate of drug-likeness (QED) is 0.476. The van der Waals surface area contributed by atoms with E-state index in [0.717, 1.165) is 29.9 Å². The molecule has 4 heterocycles. The van der Waals surface area contributed by atoms with Crippen LogP contribution in [0.2, 0.25) is 0 Å². The van der Waals surface area contributed by atoms with Crippen molar-refractivity contribution in [2.75, 3.05) is 5.32 Å².